The van der Waals surface area contributed by atoms with Crippen molar-refractivity contribution in [3.8, 4) is 0 Å². The van der Waals surface area contributed by atoms with Crippen LogP contribution in [0.25, 0.3) is 0 Å². The average Bonchev–Trinajstić information content (AvgIpc) is 2.61. The topological polar surface area (TPSA) is 0 Å². The van der Waals surface area contributed by atoms with Crippen LogP contribution in [0.5, 0.6) is 0 Å². The van der Waals surface area contributed by atoms with Crippen molar-refractivity contribution in [2.75, 3.05) is 0 Å². The Labute approximate surface area is 174 Å². The zero-order chi connectivity index (χ0) is 21.3. The van der Waals surface area contributed by atoms with Gasteiger partial charge >= 0.3 is 125 Å². The molecule has 1 aliphatic carbocycles. The van der Waals surface area contributed by atoms with E-state index >= 15 is 0 Å². The summed E-state index contributed by atoms with van der Waals surface area (Å²) in [6, 6.07) is 9.42. The molecule has 1 aliphatic rings. The summed E-state index contributed by atoms with van der Waals surface area (Å²) in [6.45, 7) is 0. The fraction of sp³-hybridized carbons (Fsp3) is 0.273. The molecule has 0 bridgehead atoms. The maximum absolute atomic E-state index is 12.6. The summed E-state index contributed by atoms with van der Waals surface area (Å²) in [5.74, 6) is 0. The molecule has 0 atom stereocenters. The van der Waals surface area contributed by atoms with Gasteiger partial charge < -0.3 is 0 Å². The second-order valence-corrected chi connectivity index (χ2v) is 9.31. The van der Waals surface area contributed by atoms with Crippen molar-refractivity contribution in [2.24, 2.45) is 0 Å². The summed E-state index contributed by atoms with van der Waals surface area (Å²) in [6.07, 6.45) is 5.10. The van der Waals surface area contributed by atoms with E-state index < -0.39 is 42.0 Å². The number of hydrogen-bond acceptors (Lipinski definition) is 0. The third-order valence-electron chi connectivity index (χ3n) is 3.78. The number of allylic oxidation sites excluding steroid dienone is 4. The second kappa shape index (κ2) is 10.8. The minimum absolute atomic E-state index is 0.421. The van der Waals surface area contributed by atoms with E-state index in [1.165, 1.54) is 49.9 Å². The zero-order valence-electron chi connectivity index (χ0n) is 15.3. The third-order valence-corrected chi connectivity index (χ3v) is 6.51. The van der Waals surface area contributed by atoms with E-state index in [1.807, 2.05) is 0 Å². The molecular weight excluding hydrogens is 573 g/mol. The van der Waals surface area contributed by atoms with Gasteiger partial charge in [0.2, 0.25) is 0 Å². The van der Waals surface area contributed by atoms with Crippen molar-refractivity contribution < 1.29 is 44.9 Å². The average molecular weight is 593 g/mol. The van der Waals surface area contributed by atoms with Crippen molar-refractivity contribution in [2.45, 2.75) is 38.0 Å². The Hall–Kier alpha value is -1.81. The summed E-state index contributed by atoms with van der Waals surface area (Å²) >= 11 is -1.11. The van der Waals surface area contributed by atoms with Crippen LogP contribution in [0.3, 0.4) is 0 Å². The van der Waals surface area contributed by atoms with Gasteiger partial charge in [-0.05, 0) is 25.7 Å². The molecular formula is C22H20F6Pt. The van der Waals surface area contributed by atoms with Gasteiger partial charge in [0.1, 0.15) is 0 Å². The number of hydrogen-bond donors (Lipinski definition) is 0. The molecule has 0 amide bonds. The van der Waals surface area contributed by atoms with Crippen LogP contribution < -0.4 is 7.91 Å². The van der Waals surface area contributed by atoms with E-state index in [1.54, 1.807) is 0 Å². The van der Waals surface area contributed by atoms with Crippen molar-refractivity contribution >= 4 is 7.91 Å². The summed E-state index contributed by atoms with van der Waals surface area (Å²) in [5, 5.41) is 0. The Morgan fingerprint density at radius 3 is 1.21 bits per heavy atom. The van der Waals surface area contributed by atoms with Gasteiger partial charge in [-0.15, -0.1) is 0 Å². The molecule has 0 nitrogen and oxygen atoms in total. The Balaban J connectivity index is 0.000000313. The minimum atomic E-state index is -4.45. The molecule has 0 spiro atoms. The third kappa shape index (κ3) is 8.61. The van der Waals surface area contributed by atoms with Crippen molar-refractivity contribution in [1.82, 2.24) is 0 Å². The van der Waals surface area contributed by atoms with Gasteiger partial charge in [0.25, 0.3) is 0 Å². The van der Waals surface area contributed by atoms with Gasteiger partial charge in [0, 0.05) is 0 Å². The normalized spacial score (nSPS) is 14.7. The first-order valence-corrected chi connectivity index (χ1v) is 11.2. The van der Waals surface area contributed by atoms with Crippen LogP contribution in [0.15, 0.2) is 72.8 Å². The van der Waals surface area contributed by atoms with Gasteiger partial charge in [-0.3, -0.25) is 0 Å². The van der Waals surface area contributed by atoms with Crippen LogP contribution in [-0.4, -0.2) is 0 Å². The molecule has 0 radical (unpaired) electrons. The number of rotatable bonds is 2. The molecule has 0 unspecified atom stereocenters. The zero-order valence-corrected chi connectivity index (χ0v) is 17.6. The van der Waals surface area contributed by atoms with Gasteiger partial charge in [-0.1, -0.05) is 24.3 Å². The van der Waals surface area contributed by atoms with Crippen molar-refractivity contribution in [1.29, 1.82) is 0 Å². The first kappa shape index (κ1) is 23.5. The Morgan fingerprint density at radius 1 is 0.552 bits per heavy atom. The summed E-state index contributed by atoms with van der Waals surface area (Å²) in [7, 11) is 0. The predicted molar refractivity (Wildman–Crippen MR) is 98.9 cm³/mol. The van der Waals surface area contributed by atoms with E-state index in [-0.39, 0.29) is 0 Å². The Bertz CT molecular complexity index is 752. The molecule has 2 aromatic carbocycles. The Kier molecular flexibility index (Phi) is 8.75. The molecule has 0 saturated heterocycles. The fourth-order valence-corrected chi connectivity index (χ4v) is 4.97. The van der Waals surface area contributed by atoms with Gasteiger partial charge in [0.05, 0.1) is 0 Å². The SMILES string of the molecule is C1=CCCC=CCC1.FC(F)(F)c1ccc[c]([Pt][c]2cccc(C(F)(F)F)c2)c1. The molecule has 0 saturated carbocycles. The van der Waals surface area contributed by atoms with Crippen LogP contribution in [0.4, 0.5) is 26.3 Å². The molecule has 0 N–H and O–H groups in total. The predicted octanol–water partition coefficient (Wildman–Crippen LogP) is 6.43. The van der Waals surface area contributed by atoms with Crippen molar-refractivity contribution in [3.05, 3.63) is 84.0 Å². The summed E-state index contributed by atoms with van der Waals surface area (Å²) < 4.78 is 76.4. The van der Waals surface area contributed by atoms with E-state index in [0.29, 0.717) is 7.91 Å². The van der Waals surface area contributed by atoms with Gasteiger partial charge in [-0.2, -0.15) is 0 Å². The number of alkyl halides is 6. The molecule has 0 heterocycles. The Morgan fingerprint density at radius 2 is 0.897 bits per heavy atom. The number of halogens is 6. The van der Waals surface area contributed by atoms with Crippen molar-refractivity contribution in [3.63, 3.8) is 0 Å². The van der Waals surface area contributed by atoms with Gasteiger partial charge in [0.15, 0.2) is 0 Å². The molecule has 0 fully saturated rings. The van der Waals surface area contributed by atoms with Crippen LogP contribution in [0, 0.1) is 0 Å². The van der Waals surface area contributed by atoms with E-state index in [0.717, 1.165) is 24.3 Å². The van der Waals surface area contributed by atoms with Crippen LogP contribution in [0.2, 0.25) is 0 Å². The summed E-state index contributed by atoms with van der Waals surface area (Å²) in [4.78, 5) is 0. The molecule has 0 aromatic heterocycles. The van der Waals surface area contributed by atoms with Crippen LogP contribution >= 0.6 is 0 Å². The fourth-order valence-electron chi connectivity index (χ4n) is 2.36. The maximum atomic E-state index is 12.6. The van der Waals surface area contributed by atoms with E-state index in [9.17, 15) is 26.3 Å². The molecule has 0 aliphatic heterocycles. The number of benzene rings is 2. The van der Waals surface area contributed by atoms with E-state index in [4.69, 9.17) is 0 Å². The molecule has 160 valence electrons. The van der Waals surface area contributed by atoms with E-state index in [2.05, 4.69) is 24.3 Å². The first-order chi connectivity index (χ1) is 13.7. The molecule has 3 rings (SSSR count). The standard InChI is InChI=1S/C8H12.2C7H4F3.Pt/c1-2-4-6-8-7-5-3-1;2*8-7(9,10)6-4-2-1-3-5-6;/h1-2,7-8H,3-6H2;2*1-2,4-5H;. The monoisotopic (exact) mass is 593 g/mol. The van der Waals surface area contributed by atoms with Gasteiger partial charge in [-0.25, -0.2) is 0 Å². The van der Waals surface area contributed by atoms with Crippen LogP contribution in [-0.2, 0) is 30.9 Å². The quantitative estimate of drug-likeness (QED) is 0.278. The van der Waals surface area contributed by atoms with Crippen LogP contribution in [0.1, 0.15) is 36.8 Å². The summed E-state index contributed by atoms with van der Waals surface area (Å²) in [5.41, 5.74) is -1.57. The first-order valence-electron chi connectivity index (χ1n) is 8.89. The second-order valence-electron chi connectivity index (χ2n) is 6.12. The molecule has 2 aromatic rings. The molecule has 7 heteroatoms. The molecule has 29 heavy (non-hydrogen) atoms.